The Bertz CT molecular complexity index is 262. The Balaban J connectivity index is 0. The zero-order valence-electron chi connectivity index (χ0n) is 10.8. The molecule has 2 fully saturated rings. The van der Waals surface area contributed by atoms with E-state index in [9.17, 15) is 13.2 Å². The molecule has 0 amide bonds. The Morgan fingerprint density at radius 1 is 1.33 bits per heavy atom. The van der Waals surface area contributed by atoms with E-state index in [1.54, 1.807) is 0 Å². The SMILES string of the molecule is CC12CC[C-](C1)C(C[C-](O)C(F)(F)F)C2.[Rf].[Rf].[Rf]. The Morgan fingerprint density at radius 2 is 1.89 bits per heavy atom. The number of hydrogen-bond acceptors (Lipinski definition) is 1. The number of alkyl halides is 3. The van der Waals surface area contributed by atoms with Crippen molar-refractivity contribution in [2.75, 3.05) is 0 Å². The summed E-state index contributed by atoms with van der Waals surface area (Å²) in [7, 11) is 0. The van der Waals surface area contributed by atoms with E-state index in [-0.39, 0.29) is 17.8 Å². The maximum absolute atomic E-state index is 12.1. The van der Waals surface area contributed by atoms with E-state index in [2.05, 4.69) is 6.92 Å². The van der Waals surface area contributed by atoms with Crippen molar-refractivity contribution in [1.82, 2.24) is 0 Å². The molecular formula is C11H15F3ORf3-2. The summed E-state index contributed by atoms with van der Waals surface area (Å²) in [6.45, 7) is 2.13. The number of aliphatic hydroxyl groups is 1. The van der Waals surface area contributed by atoms with Crippen LogP contribution >= 0.6 is 0 Å². The monoisotopic (exact) mass is 1020 g/mol. The molecule has 94 valence electrons. The van der Waals surface area contributed by atoms with Crippen LogP contribution in [0.5, 0.6) is 0 Å². The molecular weight excluding hydrogens is 1010 g/mol. The first-order valence-corrected chi connectivity index (χ1v) is 5.27. The van der Waals surface area contributed by atoms with Crippen molar-refractivity contribution in [2.24, 2.45) is 11.3 Å². The third-order valence-corrected chi connectivity index (χ3v) is 3.79. The second-order valence-corrected chi connectivity index (χ2v) is 5.20. The first-order chi connectivity index (χ1) is 6.80. The standard InChI is InChI=1S/C11H15F3O.3Rf/c1-10-3-2-7(5-10)8(6-10)4-9(15)11(12,13)14;;;/h8,15H,2-6H2,1H3;;;/q-2;;;. The van der Waals surface area contributed by atoms with Crippen LogP contribution in [-0.4, -0.2) is 11.3 Å². The van der Waals surface area contributed by atoms with Gasteiger partial charge in [0.05, 0.1) is 0 Å². The predicted molar refractivity (Wildman–Crippen MR) is 49.2 cm³/mol. The minimum Gasteiger partial charge on any atom is -0.554 e. The Labute approximate surface area is 87.7 Å². The van der Waals surface area contributed by atoms with E-state index in [1.807, 2.05) is 0 Å². The van der Waals surface area contributed by atoms with Crippen LogP contribution in [0.1, 0.15) is 39.0 Å². The van der Waals surface area contributed by atoms with Gasteiger partial charge in [-0.25, -0.2) is 13.2 Å². The molecule has 18 heavy (non-hydrogen) atoms. The van der Waals surface area contributed by atoms with E-state index < -0.39 is 12.3 Å². The van der Waals surface area contributed by atoms with Crippen molar-refractivity contribution in [3.63, 3.8) is 0 Å². The summed E-state index contributed by atoms with van der Waals surface area (Å²) in [5, 5.41) is 8.94. The summed E-state index contributed by atoms with van der Waals surface area (Å²) in [6.07, 6.45) is -2.24. The molecule has 1 N–H and O–H groups in total. The van der Waals surface area contributed by atoms with Crippen LogP contribution in [0.3, 0.4) is 0 Å². The van der Waals surface area contributed by atoms with E-state index in [0.29, 0.717) is 0 Å². The summed E-state index contributed by atoms with van der Waals surface area (Å²) >= 11 is 0. The van der Waals surface area contributed by atoms with Gasteiger partial charge in [-0.2, -0.15) is 25.2 Å². The maximum Gasteiger partial charge on any atom is 0.294 e. The van der Waals surface area contributed by atoms with Gasteiger partial charge in [0.15, 0.2) is 0 Å². The molecule has 0 heterocycles. The molecule has 2 rings (SSSR count). The largest absolute Gasteiger partial charge is 0.554 e. The molecule has 0 radical (unpaired) electrons. The molecule has 2 unspecified atom stereocenters. The first kappa shape index (κ1) is 17.2. The second kappa shape index (κ2) is 4.32. The number of halogens is 3. The van der Waals surface area contributed by atoms with Crippen molar-refractivity contribution < 1.29 is 18.3 Å². The van der Waals surface area contributed by atoms with E-state index in [1.165, 1.54) is 5.92 Å². The van der Waals surface area contributed by atoms with Gasteiger partial charge in [0, 0.05) is 0 Å². The Hall–Kier alpha value is -3.25. The molecule has 2 aliphatic rings. The fourth-order valence-corrected chi connectivity index (χ4v) is 3.01. The van der Waals surface area contributed by atoms with E-state index >= 15 is 0 Å². The number of aliphatic hydroxyl groups excluding tert-OH is 1. The van der Waals surface area contributed by atoms with Gasteiger partial charge in [-0.15, -0.1) is 6.10 Å². The average Bonchev–Trinajstić information content (AvgIpc) is 2.57. The third-order valence-electron chi connectivity index (χ3n) is 3.79. The Kier molecular flexibility index (Phi) is 4.12. The Morgan fingerprint density at radius 3 is 2.22 bits per heavy atom. The summed E-state index contributed by atoms with van der Waals surface area (Å²) in [4.78, 5) is 0. The molecule has 0 aromatic carbocycles. The number of hydrogen-bond donors (Lipinski definition) is 1. The molecule has 7 heteroatoms. The minimum absolute atomic E-state index is 0. The van der Waals surface area contributed by atoms with Gasteiger partial charge in [0.2, 0.25) is 0 Å². The number of fused-ring (bicyclic) bond motifs is 2. The molecule has 0 spiro atoms. The van der Waals surface area contributed by atoms with E-state index in [0.717, 1.165) is 25.7 Å². The fraction of sp³-hybridized carbons (Fsp3) is 0.818. The molecule has 1 nitrogen and oxygen atoms in total. The first-order valence-electron chi connectivity index (χ1n) is 5.27. The summed E-state index contributed by atoms with van der Waals surface area (Å²) in [5.74, 6) is 1.19. The smallest absolute Gasteiger partial charge is 0.294 e. The van der Waals surface area contributed by atoms with Crippen LogP contribution in [0.15, 0.2) is 0 Å². The van der Waals surface area contributed by atoms with Gasteiger partial charge in [-0.05, 0) is 0 Å². The average molecular weight is 1020 g/mol. The van der Waals surface area contributed by atoms with Gasteiger partial charge in [-0.1, -0.05) is 25.2 Å². The molecule has 0 aliphatic heterocycles. The zero-order chi connectivity index (χ0) is 11.3. The van der Waals surface area contributed by atoms with Crippen LogP contribution in [0.25, 0.3) is 0 Å². The van der Waals surface area contributed by atoms with Crippen molar-refractivity contribution >= 4 is 0 Å². The molecule has 2 saturated carbocycles. The fourth-order valence-electron chi connectivity index (χ4n) is 3.01. The molecule has 0 aromatic heterocycles. The van der Waals surface area contributed by atoms with Crippen LogP contribution in [0.2, 0.25) is 0 Å². The second-order valence-electron chi connectivity index (χ2n) is 5.20. The van der Waals surface area contributed by atoms with Crippen molar-refractivity contribution in [3.05, 3.63) is 12.0 Å². The maximum atomic E-state index is 12.1. The molecule has 0 aromatic rings. The topological polar surface area (TPSA) is 20.2 Å². The third kappa shape index (κ3) is 2.46. The van der Waals surface area contributed by atoms with Crippen molar-refractivity contribution in [2.45, 2.75) is 45.2 Å². The quantitative estimate of drug-likeness (QED) is 0.420. The molecule has 2 atom stereocenters. The predicted octanol–water partition coefficient (Wildman–Crippen LogP) is 3.63. The van der Waals surface area contributed by atoms with Gasteiger partial charge < -0.3 is 11.0 Å². The molecule has 2 bridgehead atoms. The normalized spacial score (nSPS) is 30.7. The van der Waals surface area contributed by atoms with Gasteiger partial charge >= 0.3 is 0 Å². The number of rotatable bonds is 2. The van der Waals surface area contributed by atoms with Crippen molar-refractivity contribution in [3.8, 4) is 0 Å². The van der Waals surface area contributed by atoms with Crippen LogP contribution < -0.4 is 0 Å². The van der Waals surface area contributed by atoms with Crippen LogP contribution in [0.4, 0.5) is 13.2 Å². The van der Waals surface area contributed by atoms with Crippen LogP contribution in [-0.2, 0) is 0 Å². The zero-order valence-corrected chi connectivity index (χ0v) is 30.0. The van der Waals surface area contributed by atoms with Crippen LogP contribution in [0, 0.1) is 23.4 Å². The van der Waals surface area contributed by atoms with Crippen molar-refractivity contribution in [1.29, 1.82) is 0 Å². The van der Waals surface area contributed by atoms with Gasteiger partial charge in [-0.3, -0.25) is 0 Å². The molecule has 2 aliphatic carbocycles. The van der Waals surface area contributed by atoms with E-state index in [4.69, 9.17) is 5.11 Å². The minimum atomic E-state index is -4.54. The molecule has 0 saturated heterocycles. The summed E-state index contributed by atoms with van der Waals surface area (Å²) in [5.41, 5.74) is 0.214. The summed E-state index contributed by atoms with van der Waals surface area (Å²) < 4.78 is 36.4. The summed E-state index contributed by atoms with van der Waals surface area (Å²) in [6, 6.07) is 0. The van der Waals surface area contributed by atoms with Gasteiger partial charge in [0.1, 0.15) is 0 Å². The van der Waals surface area contributed by atoms with Gasteiger partial charge in [0.25, 0.3) is 6.18 Å².